The zero-order valence-electron chi connectivity index (χ0n) is 23.0. The maximum Gasteiger partial charge on any atom is 0.416 e. The number of aryl methyl sites for hydroxylation is 1. The molecule has 12 heteroatoms. The van der Waals surface area contributed by atoms with Gasteiger partial charge >= 0.3 is 6.18 Å². The van der Waals surface area contributed by atoms with E-state index in [2.05, 4.69) is 39.6 Å². The van der Waals surface area contributed by atoms with Gasteiger partial charge in [0.1, 0.15) is 17.7 Å². The number of fused-ring (bicyclic) bond motifs is 4. The molecule has 2 aliphatic rings. The number of nitrogens with zero attached hydrogens (tertiary/aromatic N) is 3. The standard InChI is InChI=1S/C30H27F3N4O4S/c1-16-4-6-17(7-5-16)18-10-12-29(13-11-18)24-23(20-9-8-19(30(31,32)33)14-21(20)41-29)36-28(42-24)37-25(38)22-26(39-2)34-15-35-27(22)40-3/h4-9,14-15,18H,10-13H2,1-3H3,(H,36,37,38). The van der Waals surface area contributed by atoms with E-state index in [9.17, 15) is 18.0 Å². The van der Waals surface area contributed by atoms with Crippen LogP contribution in [-0.2, 0) is 11.8 Å². The van der Waals surface area contributed by atoms with Crippen LogP contribution in [0.25, 0.3) is 11.3 Å². The highest BCUT2D eigenvalue weighted by atomic mass is 32.1. The van der Waals surface area contributed by atoms with E-state index in [0.29, 0.717) is 30.0 Å². The van der Waals surface area contributed by atoms with Gasteiger partial charge in [0.25, 0.3) is 5.91 Å². The number of rotatable bonds is 5. The normalized spacial score (nSPS) is 19.4. The van der Waals surface area contributed by atoms with Gasteiger partial charge in [-0.3, -0.25) is 10.1 Å². The maximum absolute atomic E-state index is 13.6. The molecule has 1 spiro atoms. The number of benzene rings is 2. The molecule has 1 saturated carbocycles. The lowest BCUT2D eigenvalue weighted by Gasteiger charge is -2.43. The van der Waals surface area contributed by atoms with Crippen molar-refractivity contribution >= 4 is 22.4 Å². The highest BCUT2D eigenvalue weighted by Gasteiger charge is 2.47. The van der Waals surface area contributed by atoms with Crippen LogP contribution in [-0.4, -0.2) is 35.1 Å². The fourth-order valence-corrected chi connectivity index (χ4v) is 6.86. The fourth-order valence-electron chi connectivity index (χ4n) is 5.70. The lowest BCUT2D eigenvalue weighted by atomic mass is 9.74. The summed E-state index contributed by atoms with van der Waals surface area (Å²) >= 11 is 1.25. The molecule has 1 aliphatic heterocycles. The predicted octanol–water partition coefficient (Wildman–Crippen LogP) is 7.14. The Morgan fingerprint density at radius 1 is 1.05 bits per heavy atom. The lowest BCUT2D eigenvalue weighted by Crippen LogP contribution is -2.38. The SMILES string of the molecule is COc1ncnc(OC)c1C(=O)Nc1nc2c(s1)C1(CCC(c3ccc(C)cc3)CC1)Oc1cc(C(F)(F)F)ccc1-2. The topological polar surface area (TPSA) is 95.5 Å². The van der Waals surface area contributed by atoms with E-state index in [0.717, 1.165) is 29.9 Å². The molecule has 4 aromatic rings. The molecule has 2 aromatic heterocycles. The number of thiazole rings is 1. The largest absolute Gasteiger partial charge is 0.481 e. The molecule has 1 aliphatic carbocycles. The van der Waals surface area contributed by atoms with Crippen molar-refractivity contribution in [2.45, 2.75) is 50.3 Å². The predicted molar refractivity (Wildman–Crippen MR) is 150 cm³/mol. The van der Waals surface area contributed by atoms with Crippen LogP contribution in [0.5, 0.6) is 17.5 Å². The van der Waals surface area contributed by atoms with Crippen LogP contribution in [0.15, 0.2) is 48.8 Å². The average molecular weight is 597 g/mol. The van der Waals surface area contributed by atoms with Crippen molar-refractivity contribution < 1.29 is 32.2 Å². The molecule has 8 nitrogen and oxygen atoms in total. The Balaban J connectivity index is 1.37. The van der Waals surface area contributed by atoms with Crippen molar-refractivity contribution in [3.05, 3.63) is 75.9 Å². The summed E-state index contributed by atoms with van der Waals surface area (Å²) in [5.74, 6) is -0.105. The molecule has 0 atom stereocenters. The van der Waals surface area contributed by atoms with Crippen LogP contribution in [0.3, 0.4) is 0 Å². The molecule has 0 radical (unpaired) electrons. The molecule has 2 aromatic carbocycles. The average Bonchev–Trinajstić information content (AvgIpc) is 3.41. The minimum Gasteiger partial charge on any atom is -0.481 e. The summed E-state index contributed by atoms with van der Waals surface area (Å²) in [6.45, 7) is 2.04. The molecule has 3 heterocycles. The fraction of sp³-hybridized carbons (Fsp3) is 0.333. The number of alkyl halides is 3. The summed E-state index contributed by atoms with van der Waals surface area (Å²) in [7, 11) is 2.75. The van der Waals surface area contributed by atoms with E-state index in [1.54, 1.807) is 0 Å². The van der Waals surface area contributed by atoms with Crippen molar-refractivity contribution in [2.24, 2.45) is 0 Å². The lowest BCUT2D eigenvalue weighted by molar-refractivity contribution is -0.137. The van der Waals surface area contributed by atoms with Gasteiger partial charge in [-0.2, -0.15) is 13.2 Å². The monoisotopic (exact) mass is 596 g/mol. The van der Waals surface area contributed by atoms with Crippen LogP contribution >= 0.6 is 11.3 Å². The van der Waals surface area contributed by atoms with Crippen molar-refractivity contribution in [1.29, 1.82) is 0 Å². The highest BCUT2D eigenvalue weighted by molar-refractivity contribution is 7.16. The number of ether oxygens (including phenoxy) is 3. The molecular weight excluding hydrogens is 569 g/mol. The first-order chi connectivity index (χ1) is 20.1. The van der Waals surface area contributed by atoms with Gasteiger partial charge in [-0.15, -0.1) is 0 Å². The van der Waals surface area contributed by atoms with Gasteiger partial charge in [0.15, 0.2) is 10.7 Å². The van der Waals surface area contributed by atoms with Gasteiger partial charge in [-0.25, -0.2) is 15.0 Å². The Bertz CT molecular complexity index is 1630. The van der Waals surface area contributed by atoms with Crippen LogP contribution in [0, 0.1) is 6.92 Å². The molecule has 218 valence electrons. The molecule has 0 saturated heterocycles. The zero-order valence-corrected chi connectivity index (χ0v) is 23.9. The second-order valence-corrected chi connectivity index (χ2v) is 11.4. The third kappa shape index (κ3) is 4.93. The number of halogens is 3. The van der Waals surface area contributed by atoms with E-state index in [4.69, 9.17) is 19.2 Å². The van der Waals surface area contributed by atoms with Crippen LogP contribution in [0.4, 0.5) is 18.3 Å². The first kappa shape index (κ1) is 28.0. The van der Waals surface area contributed by atoms with Crippen molar-refractivity contribution in [3.8, 4) is 28.8 Å². The van der Waals surface area contributed by atoms with Crippen LogP contribution < -0.4 is 19.5 Å². The summed E-state index contributed by atoms with van der Waals surface area (Å²) < 4.78 is 57.9. The third-order valence-corrected chi connectivity index (χ3v) is 9.02. The summed E-state index contributed by atoms with van der Waals surface area (Å²) in [5.41, 5.74) is 1.69. The van der Waals surface area contributed by atoms with Gasteiger partial charge in [0, 0.05) is 5.56 Å². The number of amides is 1. The summed E-state index contributed by atoms with van der Waals surface area (Å²) in [6.07, 6.45) is -0.572. The summed E-state index contributed by atoms with van der Waals surface area (Å²) in [6, 6.07) is 11.9. The number of aromatic nitrogens is 3. The van der Waals surface area contributed by atoms with Crippen molar-refractivity contribution in [2.75, 3.05) is 19.5 Å². The number of hydrogen-bond acceptors (Lipinski definition) is 8. The Morgan fingerprint density at radius 3 is 2.33 bits per heavy atom. The molecule has 0 unspecified atom stereocenters. The maximum atomic E-state index is 13.6. The first-order valence-electron chi connectivity index (χ1n) is 13.3. The van der Waals surface area contributed by atoms with Gasteiger partial charge in [-0.05, 0) is 62.3 Å². The van der Waals surface area contributed by atoms with Crippen LogP contribution in [0.1, 0.15) is 63.5 Å². The minimum absolute atomic E-state index is 0.00420. The Morgan fingerprint density at radius 2 is 1.71 bits per heavy atom. The van der Waals surface area contributed by atoms with E-state index in [-0.39, 0.29) is 28.2 Å². The molecular formula is C30H27F3N4O4S. The molecule has 1 amide bonds. The smallest absolute Gasteiger partial charge is 0.416 e. The van der Waals surface area contributed by atoms with E-state index >= 15 is 0 Å². The molecule has 0 bridgehead atoms. The van der Waals surface area contributed by atoms with Gasteiger partial charge in [0.2, 0.25) is 11.8 Å². The van der Waals surface area contributed by atoms with E-state index in [1.807, 2.05) is 6.92 Å². The Labute approximate surface area is 243 Å². The van der Waals surface area contributed by atoms with Crippen LogP contribution in [0.2, 0.25) is 0 Å². The van der Waals surface area contributed by atoms with E-state index in [1.165, 1.54) is 49.1 Å². The molecule has 1 N–H and O–H groups in total. The Kier molecular flexibility index (Phi) is 7.04. The number of anilines is 1. The van der Waals surface area contributed by atoms with E-state index < -0.39 is 23.2 Å². The number of carbonyl (C=O) groups is 1. The molecule has 1 fully saturated rings. The minimum atomic E-state index is -4.52. The quantitative estimate of drug-likeness (QED) is 0.262. The Hall–Kier alpha value is -4.19. The molecule has 6 rings (SSSR count). The van der Waals surface area contributed by atoms with Crippen molar-refractivity contribution in [3.63, 3.8) is 0 Å². The molecule has 42 heavy (non-hydrogen) atoms. The number of hydrogen-bond donors (Lipinski definition) is 1. The highest BCUT2D eigenvalue weighted by Crippen LogP contribution is 2.56. The van der Waals surface area contributed by atoms with Gasteiger partial charge in [0.05, 0.1) is 30.4 Å². The number of methoxy groups -OCH3 is 2. The number of carbonyl (C=O) groups excluding carboxylic acids is 1. The first-order valence-corrected chi connectivity index (χ1v) is 14.2. The second-order valence-electron chi connectivity index (χ2n) is 10.4. The van der Waals surface area contributed by atoms with Gasteiger partial charge < -0.3 is 14.2 Å². The van der Waals surface area contributed by atoms with Gasteiger partial charge in [-0.1, -0.05) is 41.2 Å². The third-order valence-electron chi connectivity index (χ3n) is 7.86. The van der Waals surface area contributed by atoms with Crippen molar-refractivity contribution in [1.82, 2.24) is 15.0 Å². The number of nitrogens with one attached hydrogen (secondary N) is 1. The summed E-state index contributed by atoms with van der Waals surface area (Å²) in [4.78, 5) is 26.8. The summed E-state index contributed by atoms with van der Waals surface area (Å²) in [5, 5.41) is 3.04. The second kappa shape index (κ2) is 10.6. The zero-order chi connectivity index (χ0) is 29.6.